The maximum atomic E-state index is 13.7. The van der Waals surface area contributed by atoms with Crippen LogP contribution in [-0.4, -0.2) is 28.9 Å². The Morgan fingerprint density at radius 1 is 0.650 bits per heavy atom. The van der Waals surface area contributed by atoms with Crippen molar-refractivity contribution in [3.8, 4) is 34.0 Å². The molecule has 4 aromatic rings. The van der Waals surface area contributed by atoms with Gasteiger partial charge < -0.3 is 0 Å². The van der Waals surface area contributed by atoms with Gasteiger partial charge in [-0.25, -0.2) is 28.1 Å². The molecule has 2 heterocycles. The van der Waals surface area contributed by atoms with Crippen LogP contribution in [-0.2, 0) is 22.4 Å². The summed E-state index contributed by atoms with van der Waals surface area (Å²) in [4.78, 5) is 12.1. The van der Waals surface area contributed by atoms with Crippen LogP contribution in [0.1, 0.15) is 32.0 Å². The van der Waals surface area contributed by atoms with Crippen molar-refractivity contribution in [2.45, 2.75) is 43.6 Å². The molecule has 0 atom stereocenters. The molecule has 0 saturated heterocycles. The third kappa shape index (κ3) is 6.83. The fourth-order valence-electron chi connectivity index (χ4n) is 3.69. The summed E-state index contributed by atoms with van der Waals surface area (Å²) in [5.41, 5.74) is -2.69. The van der Waals surface area contributed by atoms with Crippen LogP contribution in [0.3, 0.4) is 0 Å². The summed E-state index contributed by atoms with van der Waals surface area (Å²) < 4.78 is 108. The van der Waals surface area contributed by atoms with Crippen LogP contribution in [0.2, 0.25) is 0 Å². The van der Waals surface area contributed by atoms with Gasteiger partial charge in [0.25, 0.3) is 0 Å². The van der Waals surface area contributed by atoms with Gasteiger partial charge >= 0.3 is 12.4 Å². The van der Waals surface area contributed by atoms with E-state index < -0.39 is 45.0 Å². The topological polar surface area (TPSA) is 84.8 Å². The number of halogens is 6. The molecule has 0 aliphatic rings. The lowest BCUT2D eigenvalue weighted by molar-refractivity contribution is -0.141. The molecule has 210 valence electrons. The first-order valence-corrected chi connectivity index (χ1v) is 13.2. The number of sulfonamides is 1. The van der Waals surface area contributed by atoms with Gasteiger partial charge in [0, 0.05) is 16.7 Å². The summed E-state index contributed by atoms with van der Waals surface area (Å²) in [7, 11) is -3.88. The van der Waals surface area contributed by atoms with Gasteiger partial charge in [0.15, 0.2) is 5.82 Å². The van der Waals surface area contributed by atoms with Crippen molar-refractivity contribution in [2.75, 3.05) is 0 Å². The van der Waals surface area contributed by atoms with Gasteiger partial charge in [0.2, 0.25) is 10.0 Å². The van der Waals surface area contributed by atoms with E-state index in [0.717, 1.165) is 24.3 Å². The number of benzene rings is 2. The van der Waals surface area contributed by atoms with Crippen LogP contribution in [0.15, 0.2) is 77.7 Å². The van der Waals surface area contributed by atoms with Gasteiger partial charge in [-0.1, -0.05) is 30.3 Å². The predicted molar refractivity (Wildman–Crippen MR) is 136 cm³/mol. The largest absolute Gasteiger partial charge is 0.433 e. The van der Waals surface area contributed by atoms with Crippen LogP contribution < -0.4 is 4.72 Å². The predicted octanol–water partition coefficient (Wildman–Crippen LogP) is 6.99. The zero-order valence-corrected chi connectivity index (χ0v) is 22.1. The third-order valence-electron chi connectivity index (χ3n) is 5.38. The molecule has 0 fully saturated rings. The van der Waals surface area contributed by atoms with Gasteiger partial charge in [-0.3, -0.25) is 0 Å². The summed E-state index contributed by atoms with van der Waals surface area (Å²) >= 11 is 0. The molecule has 0 radical (unpaired) electrons. The highest BCUT2D eigenvalue weighted by Gasteiger charge is 2.34. The van der Waals surface area contributed by atoms with Crippen molar-refractivity contribution >= 4 is 10.0 Å². The van der Waals surface area contributed by atoms with Crippen molar-refractivity contribution in [2.24, 2.45) is 0 Å². The summed E-state index contributed by atoms with van der Waals surface area (Å²) in [5, 5.41) is 0. The molecule has 0 aliphatic carbocycles. The number of aromatic nitrogens is 3. The second-order valence-corrected chi connectivity index (χ2v) is 11.5. The van der Waals surface area contributed by atoms with Crippen molar-refractivity contribution in [1.82, 2.24) is 19.7 Å². The smallest absolute Gasteiger partial charge is 0.244 e. The highest BCUT2D eigenvalue weighted by atomic mass is 32.2. The third-order valence-corrected chi connectivity index (χ3v) is 7.14. The van der Waals surface area contributed by atoms with Gasteiger partial charge in [-0.15, -0.1) is 0 Å². The first-order chi connectivity index (χ1) is 18.4. The van der Waals surface area contributed by atoms with E-state index in [1.807, 2.05) is 0 Å². The van der Waals surface area contributed by atoms with Gasteiger partial charge in [-0.2, -0.15) is 26.3 Å². The average molecular weight is 581 g/mol. The SMILES string of the molecule is CC(C)(C)NS(=O)(=O)c1cccc(-c2cccc(-c3nc(-c4ccc(C(F)(F)F)cc4)cc(C(F)(F)F)n3)n2)c1. The molecule has 0 amide bonds. The Kier molecular flexibility index (Phi) is 7.50. The summed E-state index contributed by atoms with van der Waals surface area (Å²) in [6.45, 7) is 5.06. The van der Waals surface area contributed by atoms with E-state index in [9.17, 15) is 34.8 Å². The molecule has 0 saturated carbocycles. The normalized spacial score (nSPS) is 12.9. The number of rotatable bonds is 5. The van der Waals surface area contributed by atoms with E-state index in [1.165, 1.54) is 36.4 Å². The van der Waals surface area contributed by atoms with Crippen LogP contribution in [0, 0.1) is 0 Å². The van der Waals surface area contributed by atoms with E-state index in [1.54, 1.807) is 26.8 Å². The fourth-order valence-corrected chi connectivity index (χ4v) is 5.15. The Bertz CT molecular complexity index is 1650. The summed E-state index contributed by atoms with van der Waals surface area (Å²) in [6, 6.07) is 14.5. The maximum absolute atomic E-state index is 13.7. The molecule has 2 aromatic heterocycles. The lowest BCUT2D eigenvalue weighted by Crippen LogP contribution is -2.40. The number of alkyl halides is 6. The lowest BCUT2D eigenvalue weighted by atomic mass is 10.1. The lowest BCUT2D eigenvalue weighted by Gasteiger charge is -2.20. The number of hydrogen-bond acceptors (Lipinski definition) is 5. The Morgan fingerprint density at radius 2 is 1.27 bits per heavy atom. The summed E-state index contributed by atoms with van der Waals surface area (Å²) in [6.07, 6.45) is -9.49. The molecule has 2 aromatic carbocycles. The van der Waals surface area contributed by atoms with Gasteiger partial charge in [0.05, 0.1) is 21.8 Å². The minimum absolute atomic E-state index is 0.0163. The monoisotopic (exact) mass is 580 g/mol. The minimum atomic E-state index is -4.88. The van der Waals surface area contributed by atoms with E-state index in [-0.39, 0.29) is 27.5 Å². The molecule has 1 N–H and O–H groups in total. The molecule has 0 unspecified atom stereocenters. The molecule has 6 nitrogen and oxygen atoms in total. The zero-order valence-electron chi connectivity index (χ0n) is 21.3. The van der Waals surface area contributed by atoms with Crippen molar-refractivity contribution < 1.29 is 34.8 Å². The van der Waals surface area contributed by atoms with Crippen LogP contribution >= 0.6 is 0 Å². The highest BCUT2D eigenvalue weighted by molar-refractivity contribution is 7.89. The molecule has 40 heavy (non-hydrogen) atoms. The molecular weight excluding hydrogens is 558 g/mol. The molecular formula is C27H22F6N4O2S. The quantitative estimate of drug-likeness (QED) is 0.257. The van der Waals surface area contributed by atoms with E-state index >= 15 is 0 Å². The van der Waals surface area contributed by atoms with E-state index in [4.69, 9.17) is 0 Å². The molecule has 0 spiro atoms. The molecule has 4 rings (SSSR count). The molecule has 0 aliphatic heterocycles. The van der Waals surface area contributed by atoms with E-state index in [0.29, 0.717) is 11.6 Å². The van der Waals surface area contributed by atoms with Crippen LogP contribution in [0.25, 0.3) is 34.0 Å². The standard InChI is InChI=1S/C27H22F6N4O2S/c1-25(2,3)37-40(38,39)19-7-4-6-17(14-19)20-8-5-9-21(34-20)24-35-22(15-23(36-24)27(31,32)33)16-10-12-18(13-11-16)26(28,29)30/h4-15,37H,1-3H3. The second kappa shape index (κ2) is 10.3. The number of hydrogen-bond donors (Lipinski definition) is 1. The van der Waals surface area contributed by atoms with Crippen LogP contribution in [0.5, 0.6) is 0 Å². The second-order valence-electron chi connectivity index (χ2n) is 9.83. The maximum Gasteiger partial charge on any atom is 0.433 e. The minimum Gasteiger partial charge on any atom is -0.244 e. The van der Waals surface area contributed by atoms with Gasteiger partial charge in [-0.05, 0) is 63.2 Å². The molecule has 13 heteroatoms. The van der Waals surface area contributed by atoms with Crippen molar-refractivity contribution in [3.63, 3.8) is 0 Å². The number of nitrogens with one attached hydrogen (secondary N) is 1. The zero-order chi connectivity index (χ0) is 29.5. The van der Waals surface area contributed by atoms with Crippen molar-refractivity contribution in [3.05, 3.63) is 84.1 Å². The highest BCUT2D eigenvalue weighted by Crippen LogP contribution is 2.34. The summed E-state index contributed by atoms with van der Waals surface area (Å²) in [5.74, 6) is -0.412. The number of pyridine rings is 1. The van der Waals surface area contributed by atoms with E-state index in [2.05, 4.69) is 19.7 Å². The van der Waals surface area contributed by atoms with Crippen LogP contribution in [0.4, 0.5) is 26.3 Å². The fraction of sp³-hybridized carbons (Fsp3) is 0.222. The Labute approximate surface area is 226 Å². The number of nitrogens with zero attached hydrogens (tertiary/aromatic N) is 3. The molecule has 0 bridgehead atoms. The first-order valence-electron chi connectivity index (χ1n) is 11.7. The first kappa shape index (κ1) is 29.2. The van der Waals surface area contributed by atoms with Crippen molar-refractivity contribution in [1.29, 1.82) is 0 Å². The average Bonchev–Trinajstić information content (AvgIpc) is 2.86. The Morgan fingerprint density at radius 3 is 1.88 bits per heavy atom. The Balaban J connectivity index is 1.78. The Hall–Kier alpha value is -3.84. The van der Waals surface area contributed by atoms with Gasteiger partial charge in [0.1, 0.15) is 11.4 Å².